The monoisotopic (exact) mass is 461 g/mol. The number of rotatable bonds is 3. The molecule has 1 amide bonds. The van der Waals surface area contributed by atoms with Crippen molar-refractivity contribution in [2.45, 2.75) is 19.7 Å². The van der Waals surface area contributed by atoms with Crippen molar-refractivity contribution >= 4 is 63.5 Å². The number of hydrogen-bond acceptors (Lipinski definition) is 3. The SMILES string of the molecule is CCc1cc(S(=O)(=O)C(Br)(Br)Br)ccc1C(N)=O. The normalized spacial score (nSPS) is 12.4. The second kappa shape index (κ2) is 5.60. The molecule has 1 rings (SSSR count). The number of hydrogen-bond donors (Lipinski definition) is 1. The molecule has 0 saturated heterocycles. The van der Waals surface area contributed by atoms with Gasteiger partial charge >= 0.3 is 0 Å². The van der Waals surface area contributed by atoms with Crippen LogP contribution < -0.4 is 5.73 Å². The molecule has 2 N–H and O–H groups in total. The Morgan fingerprint density at radius 3 is 2.28 bits per heavy atom. The second-order valence-electron chi connectivity index (χ2n) is 3.49. The lowest BCUT2D eigenvalue weighted by molar-refractivity contribution is 0.0999. The van der Waals surface area contributed by atoms with E-state index in [1.165, 1.54) is 18.2 Å². The summed E-state index contributed by atoms with van der Waals surface area (Å²) >= 11 is 8.95. The number of nitrogens with two attached hydrogens (primary N) is 1. The lowest BCUT2D eigenvalue weighted by Gasteiger charge is -2.15. The minimum Gasteiger partial charge on any atom is -0.366 e. The van der Waals surface area contributed by atoms with Gasteiger partial charge in [0, 0.05) is 5.56 Å². The number of halogens is 3. The standard InChI is InChI=1S/C10H10Br3NO3S/c1-2-6-5-7(3-4-8(6)9(14)15)18(16,17)10(11,12)13/h3-5H,2H2,1H3,(H2,14,15). The largest absolute Gasteiger partial charge is 0.366 e. The maximum absolute atomic E-state index is 12.1. The Bertz CT molecular complexity index is 579. The summed E-state index contributed by atoms with van der Waals surface area (Å²) in [4.78, 5) is 11.3. The van der Waals surface area contributed by atoms with Gasteiger partial charge in [0.1, 0.15) is 0 Å². The van der Waals surface area contributed by atoms with Crippen LogP contribution >= 0.6 is 47.8 Å². The van der Waals surface area contributed by atoms with Gasteiger partial charge in [-0.05, 0) is 78.0 Å². The van der Waals surface area contributed by atoms with Crippen LogP contribution in [-0.2, 0) is 16.3 Å². The van der Waals surface area contributed by atoms with E-state index in [1.54, 1.807) is 0 Å². The molecule has 1 aromatic carbocycles. The van der Waals surface area contributed by atoms with Gasteiger partial charge < -0.3 is 5.73 Å². The van der Waals surface area contributed by atoms with E-state index in [-0.39, 0.29) is 4.90 Å². The summed E-state index contributed by atoms with van der Waals surface area (Å²) in [5, 5.41) is 0. The smallest absolute Gasteiger partial charge is 0.248 e. The zero-order chi connectivity index (χ0) is 14.1. The van der Waals surface area contributed by atoms with Crippen molar-refractivity contribution in [2.24, 2.45) is 5.73 Å². The molecule has 4 nitrogen and oxygen atoms in total. The highest BCUT2D eigenvalue weighted by Gasteiger charge is 2.37. The molecule has 0 aliphatic heterocycles. The van der Waals surface area contributed by atoms with Crippen molar-refractivity contribution in [3.05, 3.63) is 29.3 Å². The molecule has 0 unspecified atom stereocenters. The zero-order valence-corrected chi connectivity index (χ0v) is 14.9. The van der Waals surface area contributed by atoms with Crippen LogP contribution in [0, 0.1) is 0 Å². The highest BCUT2D eigenvalue weighted by atomic mass is 80.0. The summed E-state index contributed by atoms with van der Waals surface area (Å²) in [6.07, 6.45) is 0.515. The molecule has 0 atom stereocenters. The summed E-state index contributed by atoms with van der Waals surface area (Å²) in [6.45, 7) is 1.82. The average Bonchev–Trinajstić information content (AvgIpc) is 2.26. The third kappa shape index (κ3) is 3.15. The maximum Gasteiger partial charge on any atom is 0.248 e. The van der Waals surface area contributed by atoms with Gasteiger partial charge in [-0.3, -0.25) is 4.79 Å². The lowest BCUT2D eigenvalue weighted by atomic mass is 10.1. The summed E-state index contributed by atoms with van der Waals surface area (Å²) < 4.78 is 22.9. The van der Waals surface area contributed by atoms with E-state index in [4.69, 9.17) is 5.73 Å². The number of primary amides is 1. The fourth-order valence-electron chi connectivity index (χ4n) is 1.40. The Hall–Kier alpha value is 0.0800. The van der Waals surface area contributed by atoms with Gasteiger partial charge in [-0.1, -0.05) is 6.92 Å². The Kier molecular flexibility index (Phi) is 5.02. The summed E-state index contributed by atoms with van der Waals surface area (Å²) in [5.74, 6) is -0.571. The van der Waals surface area contributed by atoms with Gasteiger partial charge in [0.2, 0.25) is 17.2 Å². The van der Waals surface area contributed by atoms with Crippen molar-refractivity contribution in [1.29, 1.82) is 0 Å². The molecular formula is C10H10Br3NO3S. The Labute approximate surface area is 131 Å². The third-order valence-corrected chi connectivity index (χ3v) is 7.66. The van der Waals surface area contributed by atoms with Crippen molar-refractivity contribution in [3.63, 3.8) is 0 Å². The molecule has 1 aromatic rings. The first-order chi connectivity index (χ1) is 8.11. The zero-order valence-electron chi connectivity index (χ0n) is 9.28. The first-order valence-electron chi connectivity index (χ1n) is 4.85. The van der Waals surface area contributed by atoms with Crippen LogP contribution in [-0.4, -0.2) is 15.8 Å². The molecule has 0 heterocycles. The number of aryl methyl sites for hydroxylation is 1. The summed E-state index contributed by atoms with van der Waals surface area (Å²) in [6, 6.07) is 4.23. The minimum atomic E-state index is -3.65. The van der Waals surface area contributed by atoms with Crippen LogP contribution in [0.3, 0.4) is 0 Å². The van der Waals surface area contributed by atoms with E-state index in [9.17, 15) is 13.2 Å². The molecule has 0 aliphatic carbocycles. The van der Waals surface area contributed by atoms with Crippen molar-refractivity contribution < 1.29 is 13.2 Å². The first-order valence-corrected chi connectivity index (χ1v) is 8.71. The topological polar surface area (TPSA) is 77.2 Å². The predicted octanol–water partition coefficient (Wildman–Crippen LogP) is 2.92. The molecule has 18 heavy (non-hydrogen) atoms. The Morgan fingerprint density at radius 2 is 1.89 bits per heavy atom. The van der Waals surface area contributed by atoms with Crippen molar-refractivity contribution in [3.8, 4) is 0 Å². The maximum atomic E-state index is 12.1. The molecule has 0 aliphatic rings. The molecule has 8 heteroatoms. The minimum absolute atomic E-state index is 0.0926. The van der Waals surface area contributed by atoms with Crippen molar-refractivity contribution in [1.82, 2.24) is 0 Å². The second-order valence-corrected chi connectivity index (χ2v) is 13.9. The van der Waals surface area contributed by atoms with Gasteiger partial charge in [0.15, 0.2) is 0 Å². The molecule has 0 radical (unpaired) electrons. The van der Waals surface area contributed by atoms with E-state index in [2.05, 4.69) is 47.8 Å². The number of amides is 1. The predicted molar refractivity (Wildman–Crippen MR) is 81.0 cm³/mol. The van der Waals surface area contributed by atoms with E-state index in [0.717, 1.165) is 0 Å². The van der Waals surface area contributed by atoms with E-state index >= 15 is 0 Å². The van der Waals surface area contributed by atoms with Crippen LogP contribution in [0.1, 0.15) is 22.8 Å². The van der Waals surface area contributed by atoms with Gasteiger partial charge in [-0.15, -0.1) is 0 Å². The summed E-state index contributed by atoms with van der Waals surface area (Å²) in [5.41, 5.74) is 6.15. The first kappa shape index (κ1) is 16.1. The van der Waals surface area contributed by atoms with Crippen LogP contribution in [0.5, 0.6) is 0 Å². The fourth-order valence-corrected chi connectivity index (χ4v) is 3.90. The molecule has 0 aromatic heterocycles. The lowest BCUT2D eigenvalue weighted by Crippen LogP contribution is -2.19. The van der Waals surface area contributed by atoms with Crippen LogP contribution in [0.4, 0.5) is 0 Å². The van der Waals surface area contributed by atoms with Gasteiger partial charge in [-0.25, -0.2) is 8.42 Å². The van der Waals surface area contributed by atoms with Gasteiger partial charge in [0.05, 0.1) is 4.90 Å². The van der Waals surface area contributed by atoms with E-state index < -0.39 is 17.2 Å². The summed E-state index contributed by atoms with van der Waals surface area (Å²) in [7, 11) is -3.65. The van der Waals surface area contributed by atoms with E-state index in [1.807, 2.05) is 6.92 Å². The highest BCUT2D eigenvalue weighted by molar-refractivity contribution is 9.42. The number of benzene rings is 1. The molecule has 0 saturated carbocycles. The average molecular weight is 464 g/mol. The quantitative estimate of drug-likeness (QED) is 0.700. The molecule has 0 fully saturated rings. The van der Waals surface area contributed by atoms with E-state index in [0.29, 0.717) is 17.5 Å². The molecule has 0 bridgehead atoms. The molecular weight excluding hydrogens is 454 g/mol. The highest BCUT2D eigenvalue weighted by Crippen LogP contribution is 2.43. The fraction of sp³-hybridized carbons (Fsp3) is 0.300. The number of carbonyl (C=O) groups excluding carboxylic acids is 1. The number of sulfone groups is 1. The number of carbonyl (C=O) groups is 1. The Morgan fingerprint density at radius 1 is 1.33 bits per heavy atom. The molecule has 100 valence electrons. The van der Waals surface area contributed by atoms with Crippen molar-refractivity contribution in [2.75, 3.05) is 0 Å². The molecule has 0 spiro atoms. The van der Waals surface area contributed by atoms with Crippen LogP contribution in [0.25, 0.3) is 0 Å². The van der Waals surface area contributed by atoms with Crippen LogP contribution in [0.2, 0.25) is 0 Å². The van der Waals surface area contributed by atoms with Crippen LogP contribution in [0.15, 0.2) is 23.1 Å². The van der Waals surface area contributed by atoms with Gasteiger partial charge in [-0.2, -0.15) is 0 Å². The number of alkyl halides is 3. The van der Waals surface area contributed by atoms with Gasteiger partial charge in [0.25, 0.3) is 0 Å². The third-order valence-electron chi connectivity index (χ3n) is 2.34. The Balaban J connectivity index is 3.44.